The summed E-state index contributed by atoms with van der Waals surface area (Å²) in [6.45, 7) is 1.96. The van der Waals surface area contributed by atoms with Gasteiger partial charge in [0.25, 0.3) is 5.22 Å². The number of hydrogen-bond donors (Lipinski definition) is 1. The van der Waals surface area contributed by atoms with E-state index in [4.69, 9.17) is 4.42 Å². The molecule has 0 aliphatic heterocycles. The maximum absolute atomic E-state index is 11.9. The van der Waals surface area contributed by atoms with Crippen LogP contribution in [0.4, 0.5) is 0 Å². The smallest absolute Gasteiger partial charge is 0.277 e. The summed E-state index contributed by atoms with van der Waals surface area (Å²) < 4.78 is 5.48. The first-order valence-corrected chi connectivity index (χ1v) is 8.65. The van der Waals surface area contributed by atoms with Crippen LogP contribution < -0.4 is 5.32 Å². The average Bonchev–Trinajstić information content (AvgIpc) is 3.14. The standard InChI is InChI=1S/C13H17N5O3S2/c1-8-15-9(6-22-8)4-11-16-17-13(21-11)23-7-12(20)18(3)5-10(19)14-2/h6H,4-5,7H2,1-3H3,(H,14,19). The lowest BCUT2D eigenvalue weighted by molar-refractivity contribution is -0.132. The first-order valence-electron chi connectivity index (χ1n) is 6.78. The molecule has 2 aromatic rings. The molecule has 0 aliphatic rings. The number of carbonyl (C=O) groups is 2. The Balaban J connectivity index is 1.82. The third-order valence-corrected chi connectivity index (χ3v) is 4.48. The summed E-state index contributed by atoms with van der Waals surface area (Å²) in [4.78, 5) is 28.8. The van der Waals surface area contributed by atoms with Gasteiger partial charge in [-0.25, -0.2) is 4.98 Å². The van der Waals surface area contributed by atoms with Gasteiger partial charge in [0, 0.05) is 19.5 Å². The van der Waals surface area contributed by atoms with Crippen molar-refractivity contribution >= 4 is 34.9 Å². The molecule has 0 aliphatic carbocycles. The molecule has 0 saturated carbocycles. The van der Waals surface area contributed by atoms with Crippen molar-refractivity contribution < 1.29 is 14.0 Å². The van der Waals surface area contributed by atoms with Gasteiger partial charge in [-0.05, 0) is 6.92 Å². The first kappa shape index (κ1) is 17.4. The van der Waals surface area contributed by atoms with Gasteiger partial charge < -0.3 is 14.6 Å². The fraction of sp³-hybridized carbons (Fsp3) is 0.462. The summed E-state index contributed by atoms with van der Waals surface area (Å²) in [5.41, 5.74) is 0.883. The van der Waals surface area contributed by atoms with Crippen LogP contribution in [-0.2, 0) is 16.0 Å². The van der Waals surface area contributed by atoms with Gasteiger partial charge in [-0.15, -0.1) is 21.5 Å². The van der Waals surface area contributed by atoms with E-state index in [9.17, 15) is 9.59 Å². The number of nitrogens with zero attached hydrogens (tertiary/aromatic N) is 4. The second-order valence-corrected chi connectivity index (χ2v) is 6.70. The minimum Gasteiger partial charge on any atom is -0.416 e. The number of rotatable bonds is 7. The Morgan fingerprint density at radius 2 is 2.22 bits per heavy atom. The molecule has 124 valence electrons. The Labute approximate surface area is 141 Å². The third kappa shape index (κ3) is 5.32. The number of carbonyl (C=O) groups excluding carboxylic acids is 2. The maximum Gasteiger partial charge on any atom is 0.277 e. The summed E-state index contributed by atoms with van der Waals surface area (Å²) in [6, 6.07) is 0. The quantitative estimate of drug-likeness (QED) is 0.730. The van der Waals surface area contributed by atoms with Gasteiger partial charge in [-0.2, -0.15) is 0 Å². The van der Waals surface area contributed by atoms with Crippen LogP contribution in [0.5, 0.6) is 0 Å². The Bertz CT molecular complexity index is 685. The lowest BCUT2D eigenvalue weighted by Crippen LogP contribution is -2.37. The van der Waals surface area contributed by atoms with Crippen molar-refractivity contribution in [1.29, 1.82) is 0 Å². The van der Waals surface area contributed by atoms with E-state index in [1.165, 1.54) is 11.9 Å². The molecule has 2 heterocycles. The minimum atomic E-state index is -0.218. The summed E-state index contributed by atoms with van der Waals surface area (Å²) in [5.74, 6) is 0.187. The Kier molecular flexibility index (Phi) is 6.11. The molecule has 0 fully saturated rings. The second-order valence-electron chi connectivity index (χ2n) is 4.71. The molecule has 0 unspecified atom stereocenters. The van der Waals surface area contributed by atoms with Crippen LogP contribution in [0.15, 0.2) is 15.0 Å². The highest BCUT2D eigenvalue weighted by Gasteiger charge is 2.15. The second kappa shape index (κ2) is 8.06. The van der Waals surface area contributed by atoms with E-state index >= 15 is 0 Å². The summed E-state index contributed by atoms with van der Waals surface area (Å²) in [6.07, 6.45) is 0.475. The minimum absolute atomic E-state index is 0.0220. The zero-order chi connectivity index (χ0) is 16.8. The van der Waals surface area contributed by atoms with Gasteiger partial charge in [-0.1, -0.05) is 11.8 Å². The van der Waals surface area contributed by atoms with E-state index < -0.39 is 0 Å². The zero-order valence-electron chi connectivity index (χ0n) is 13.0. The molecule has 0 aromatic carbocycles. The van der Waals surface area contributed by atoms with Crippen LogP contribution in [-0.4, -0.2) is 58.3 Å². The van der Waals surface area contributed by atoms with Crippen molar-refractivity contribution in [3.8, 4) is 0 Å². The largest absolute Gasteiger partial charge is 0.416 e. The molecule has 0 bridgehead atoms. The number of thiazole rings is 1. The van der Waals surface area contributed by atoms with Crippen LogP contribution in [0.25, 0.3) is 0 Å². The lowest BCUT2D eigenvalue weighted by atomic mass is 10.3. The average molecular weight is 355 g/mol. The van der Waals surface area contributed by atoms with E-state index in [1.54, 1.807) is 18.4 Å². The van der Waals surface area contributed by atoms with Crippen molar-refractivity contribution in [2.24, 2.45) is 0 Å². The molecule has 0 atom stereocenters. The van der Waals surface area contributed by atoms with E-state index in [0.29, 0.717) is 17.5 Å². The van der Waals surface area contributed by atoms with Crippen molar-refractivity contribution in [3.05, 3.63) is 22.0 Å². The highest BCUT2D eigenvalue weighted by molar-refractivity contribution is 7.99. The SMILES string of the molecule is CNC(=O)CN(C)C(=O)CSc1nnc(Cc2csc(C)n2)o1. The fourth-order valence-corrected chi connectivity index (χ4v) is 2.96. The molecular formula is C13H17N5O3S2. The van der Waals surface area contributed by atoms with E-state index in [1.807, 2.05) is 12.3 Å². The fourth-order valence-electron chi connectivity index (χ4n) is 1.63. The van der Waals surface area contributed by atoms with Gasteiger partial charge in [-0.3, -0.25) is 9.59 Å². The third-order valence-electron chi connectivity index (χ3n) is 2.85. The number of nitrogens with one attached hydrogen (secondary N) is 1. The summed E-state index contributed by atoms with van der Waals surface area (Å²) in [5, 5.41) is 13.6. The number of thioether (sulfide) groups is 1. The van der Waals surface area contributed by atoms with Crippen LogP contribution >= 0.6 is 23.1 Å². The van der Waals surface area contributed by atoms with Gasteiger partial charge in [0.05, 0.1) is 29.4 Å². The molecule has 2 amide bonds. The van der Waals surface area contributed by atoms with Crippen molar-refractivity contribution in [2.75, 3.05) is 26.4 Å². The number of amides is 2. The van der Waals surface area contributed by atoms with Crippen molar-refractivity contribution in [1.82, 2.24) is 25.4 Å². The first-order chi connectivity index (χ1) is 11.0. The molecule has 1 N–H and O–H groups in total. The van der Waals surface area contributed by atoms with Crippen LogP contribution in [0.2, 0.25) is 0 Å². The predicted molar refractivity (Wildman–Crippen MR) is 86.4 cm³/mol. The summed E-state index contributed by atoms with van der Waals surface area (Å²) >= 11 is 2.71. The summed E-state index contributed by atoms with van der Waals surface area (Å²) in [7, 11) is 3.10. The monoisotopic (exact) mass is 355 g/mol. The molecule has 8 nitrogen and oxygen atoms in total. The molecule has 10 heteroatoms. The van der Waals surface area contributed by atoms with Gasteiger partial charge >= 0.3 is 0 Å². The normalized spacial score (nSPS) is 10.6. The highest BCUT2D eigenvalue weighted by atomic mass is 32.2. The Morgan fingerprint density at radius 3 is 2.87 bits per heavy atom. The van der Waals surface area contributed by atoms with Crippen LogP contribution in [0, 0.1) is 6.92 Å². The molecule has 2 aromatic heterocycles. The number of likely N-dealkylation sites (N-methyl/N-ethyl adjacent to an activating group) is 2. The van der Waals surface area contributed by atoms with Crippen LogP contribution in [0.3, 0.4) is 0 Å². The molecule has 2 rings (SSSR count). The Morgan fingerprint density at radius 1 is 1.43 bits per heavy atom. The van der Waals surface area contributed by atoms with Gasteiger partial charge in [0.15, 0.2) is 0 Å². The highest BCUT2D eigenvalue weighted by Crippen LogP contribution is 2.18. The topological polar surface area (TPSA) is 101 Å². The lowest BCUT2D eigenvalue weighted by Gasteiger charge is -2.14. The number of aryl methyl sites for hydroxylation is 1. The Hall–Kier alpha value is -1.94. The number of hydrogen-bond acceptors (Lipinski definition) is 8. The molecular weight excluding hydrogens is 338 g/mol. The molecule has 0 spiro atoms. The predicted octanol–water partition coefficient (Wildman–Crippen LogP) is 0.722. The van der Waals surface area contributed by atoms with Gasteiger partial charge in [0.1, 0.15) is 0 Å². The maximum atomic E-state index is 11.9. The van der Waals surface area contributed by atoms with Crippen molar-refractivity contribution in [3.63, 3.8) is 0 Å². The van der Waals surface area contributed by atoms with E-state index in [-0.39, 0.29) is 24.1 Å². The molecule has 23 heavy (non-hydrogen) atoms. The van der Waals surface area contributed by atoms with E-state index in [2.05, 4.69) is 20.5 Å². The molecule has 0 radical (unpaired) electrons. The molecule has 0 saturated heterocycles. The van der Waals surface area contributed by atoms with Crippen molar-refractivity contribution in [2.45, 2.75) is 18.6 Å². The van der Waals surface area contributed by atoms with E-state index in [0.717, 1.165) is 22.5 Å². The zero-order valence-corrected chi connectivity index (χ0v) is 14.7. The number of aromatic nitrogens is 3. The van der Waals surface area contributed by atoms with Crippen LogP contribution in [0.1, 0.15) is 16.6 Å². The van der Waals surface area contributed by atoms with Gasteiger partial charge in [0.2, 0.25) is 17.7 Å².